The van der Waals surface area contributed by atoms with Gasteiger partial charge in [-0.25, -0.2) is 0 Å². The largest absolute Gasteiger partial charge is 0.489 e. The van der Waals surface area contributed by atoms with Gasteiger partial charge in [-0.2, -0.15) is 0 Å². The molecule has 2 aliphatic heterocycles. The Morgan fingerprint density at radius 3 is 2.29 bits per heavy atom. The summed E-state index contributed by atoms with van der Waals surface area (Å²) in [5.74, 6) is 0.509. The Bertz CT molecular complexity index is 1530. The van der Waals surface area contributed by atoms with E-state index < -0.39 is 10.5 Å². The van der Waals surface area contributed by atoms with Crippen molar-refractivity contribution < 1.29 is 14.4 Å². The number of ether oxygens (including phenoxy) is 2. The van der Waals surface area contributed by atoms with Gasteiger partial charge in [-0.1, -0.05) is 53.5 Å². The first-order valence-corrected chi connectivity index (χ1v) is 14.2. The lowest BCUT2D eigenvalue weighted by atomic mass is 10.0. The first-order chi connectivity index (χ1) is 19.7. The molecule has 9 nitrogen and oxygen atoms in total. The normalized spacial score (nSPS) is 18.7. The molecule has 2 aliphatic rings. The van der Waals surface area contributed by atoms with E-state index in [2.05, 4.69) is 39.0 Å². The van der Waals surface area contributed by atoms with E-state index in [9.17, 15) is 10.1 Å². The van der Waals surface area contributed by atoms with E-state index in [1.165, 1.54) is 17.4 Å². The average molecular weight is 594 g/mol. The van der Waals surface area contributed by atoms with Gasteiger partial charge in [0.2, 0.25) is 0 Å². The molecule has 4 aromatic rings. The minimum Gasteiger partial charge on any atom is -0.489 e. The van der Waals surface area contributed by atoms with Crippen LogP contribution in [0.15, 0.2) is 72.9 Å². The Morgan fingerprint density at radius 2 is 1.66 bits per heavy atom. The van der Waals surface area contributed by atoms with Crippen LogP contribution in [0.3, 0.4) is 0 Å². The fraction of sp³-hybridized carbons (Fsp3) is 0.300. The van der Waals surface area contributed by atoms with Crippen LogP contribution in [0, 0.1) is 10.1 Å². The monoisotopic (exact) mass is 593 g/mol. The van der Waals surface area contributed by atoms with Crippen molar-refractivity contribution in [3.05, 3.63) is 98.6 Å². The van der Waals surface area contributed by atoms with Crippen molar-refractivity contribution in [2.75, 3.05) is 37.7 Å². The van der Waals surface area contributed by atoms with Crippen LogP contribution in [-0.2, 0) is 13.1 Å². The molecule has 0 aliphatic carbocycles. The van der Waals surface area contributed by atoms with Crippen LogP contribution in [0.4, 0.5) is 11.5 Å². The molecule has 0 unspecified atom stereocenters. The maximum Gasteiger partial charge on any atom is 0.415 e. The second-order valence-corrected chi connectivity index (χ2v) is 11.5. The van der Waals surface area contributed by atoms with Crippen LogP contribution in [0.2, 0.25) is 10.0 Å². The Kier molecular flexibility index (Phi) is 7.50. The van der Waals surface area contributed by atoms with Gasteiger partial charge in [0.05, 0.1) is 16.6 Å². The van der Waals surface area contributed by atoms with Crippen molar-refractivity contribution in [1.82, 2.24) is 14.5 Å². The molecule has 0 amide bonds. The summed E-state index contributed by atoms with van der Waals surface area (Å²) >= 11 is 12.2. The maximum atomic E-state index is 10.9. The zero-order valence-electron chi connectivity index (χ0n) is 22.5. The van der Waals surface area contributed by atoms with Crippen LogP contribution in [0.25, 0.3) is 11.1 Å². The molecule has 3 heterocycles. The Labute approximate surface area is 248 Å². The second kappa shape index (κ2) is 11.2. The van der Waals surface area contributed by atoms with E-state index in [0.717, 1.165) is 49.6 Å². The molecule has 1 aromatic heterocycles. The van der Waals surface area contributed by atoms with Crippen molar-refractivity contribution >= 4 is 34.7 Å². The van der Waals surface area contributed by atoms with E-state index in [0.29, 0.717) is 23.2 Å². The van der Waals surface area contributed by atoms with E-state index in [4.69, 9.17) is 32.7 Å². The van der Waals surface area contributed by atoms with Gasteiger partial charge >= 0.3 is 11.8 Å². The van der Waals surface area contributed by atoms with Crippen molar-refractivity contribution in [2.45, 2.75) is 25.6 Å². The van der Waals surface area contributed by atoms with E-state index in [-0.39, 0.29) is 11.8 Å². The number of nitrogens with zero attached hydrogens (tertiary/aromatic N) is 5. The average Bonchev–Trinajstić information content (AvgIpc) is 3.51. The highest BCUT2D eigenvalue weighted by Gasteiger charge is 2.41. The van der Waals surface area contributed by atoms with Crippen molar-refractivity contribution in [2.24, 2.45) is 0 Å². The van der Waals surface area contributed by atoms with Gasteiger partial charge in [0, 0.05) is 43.4 Å². The van der Waals surface area contributed by atoms with Gasteiger partial charge < -0.3 is 24.5 Å². The predicted molar refractivity (Wildman–Crippen MR) is 159 cm³/mol. The zero-order valence-corrected chi connectivity index (χ0v) is 24.0. The van der Waals surface area contributed by atoms with E-state index >= 15 is 0 Å². The highest BCUT2D eigenvalue weighted by molar-refractivity contribution is 6.42. The minimum atomic E-state index is -0.652. The molecule has 1 fully saturated rings. The summed E-state index contributed by atoms with van der Waals surface area (Å²) in [4.78, 5) is 19.2. The molecule has 6 rings (SSSR count). The van der Waals surface area contributed by atoms with Crippen molar-refractivity contribution in [3.8, 4) is 22.9 Å². The number of hydrogen-bond acceptors (Lipinski definition) is 7. The summed E-state index contributed by atoms with van der Waals surface area (Å²) in [7, 11) is 0. The number of benzene rings is 3. The van der Waals surface area contributed by atoms with Crippen LogP contribution < -0.4 is 14.4 Å². The van der Waals surface area contributed by atoms with Gasteiger partial charge in [0.15, 0.2) is 5.60 Å². The molecule has 0 spiro atoms. The Hall–Kier alpha value is -3.79. The highest BCUT2D eigenvalue weighted by atomic mass is 35.5. The summed E-state index contributed by atoms with van der Waals surface area (Å²) in [5, 5.41) is 12.1. The summed E-state index contributed by atoms with van der Waals surface area (Å²) in [6.07, 6.45) is 1.39. The van der Waals surface area contributed by atoms with Gasteiger partial charge in [0.25, 0.3) is 0 Å². The number of halogens is 2. The van der Waals surface area contributed by atoms with Gasteiger partial charge in [-0.3, -0.25) is 9.47 Å². The quantitative estimate of drug-likeness (QED) is 0.174. The fourth-order valence-corrected chi connectivity index (χ4v) is 5.58. The number of piperazine rings is 1. The number of anilines is 1. The van der Waals surface area contributed by atoms with Crippen LogP contribution >= 0.6 is 23.2 Å². The van der Waals surface area contributed by atoms with Gasteiger partial charge in [-0.05, 0) is 64.9 Å². The lowest BCUT2D eigenvalue weighted by Crippen LogP contribution is -2.45. The third kappa shape index (κ3) is 6.12. The molecule has 1 saturated heterocycles. The highest BCUT2D eigenvalue weighted by Crippen LogP contribution is 2.32. The SMILES string of the molecule is C[C@]1(COc2ccc(-c3ccc(N4CCN(Cc5ccc(Cl)c(Cl)c5)CC4)cc3)cc2)Cn2cc([N+](=O)[O-])nc2O1. The molecule has 0 radical (unpaired) electrons. The predicted octanol–water partition coefficient (Wildman–Crippen LogP) is 6.32. The molecule has 41 heavy (non-hydrogen) atoms. The van der Waals surface area contributed by atoms with E-state index in [1.54, 1.807) is 4.57 Å². The Balaban J connectivity index is 0.997. The van der Waals surface area contributed by atoms with E-state index in [1.807, 2.05) is 49.4 Å². The fourth-order valence-electron chi connectivity index (χ4n) is 5.26. The first kappa shape index (κ1) is 27.4. The van der Waals surface area contributed by atoms with Crippen LogP contribution in [0.1, 0.15) is 12.5 Å². The lowest BCUT2D eigenvalue weighted by Gasteiger charge is -2.36. The summed E-state index contributed by atoms with van der Waals surface area (Å²) < 4.78 is 13.5. The smallest absolute Gasteiger partial charge is 0.415 e. The number of aromatic nitrogens is 2. The van der Waals surface area contributed by atoms with Crippen LogP contribution in [0.5, 0.6) is 11.8 Å². The summed E-state index contributed by atoms with van der Waals surface area (Å²) in [5.41, 5.74) is 3.98. The van der Waals surface area contributed by atoms with Crippen LogP contribution in [-0.4, -0.2) is 57.8 Å². The molecule has 212 valence electrons. The molecular weight excluding hydrogens is 565 g/mol. The third-order valence-electron chi connectivity index (χ3n) is 7.48. The molecule has 11 heteroatoms. The number of imidazole rings is 1. The van der Waals surface area contributed by atoms with Crippen molar-refractivity contribution in [3.63, 3.8) is 0 Å². The molecule has 1 atom stereocenters. The first-order valence-electron chi connectivity index (χ1n) is 13.4. The molecule has 0 N–H and O–H groups in total. The second-order valence-electron chi connectivity index (χ2n) is 10.7. The lowest BCUT2D eigenvalue weighted by molar-refractivity contribution is -0.389. The van der Waals surface area contributed by atoms with Crippen molar-refractivity contribution in [1.29, 1.82) is 0 Å². The number of fused-ring (bicyclic) bond motifs is 1. The third-order valence-corrected chi connectivity index (χ3v) is 8.22. The zero-order chi connectivity index (χ0) is 28.6. The topological polar surface area (TPSA) is 85.9 Å². The van der Waals surface area contributed by atoms with Gasteiger partial charge in [0.1, 0.15) is 18.6 Å². The summed E-state index contributed by atoms with van der Waals surface area (Å²) in [6.45, 7) is 7.39. The minimum absolute atomic E-state index is 0.217. The molecule has 0 bridgehead atoms. The number of hydrogen-bond donors (Lipinski definition) is 0. The standard InChI is InChI=1S/C30H29Cl2N5O4/c1-30(19-36-18-28(37(38)39)33-29(36)41-30)20-40-25-9-5-23(6-10-25)22-3-7-24(8-4-22)35-14-12-34(13-15-35)17-21-2-11-26(31)27(32)16-21/h2-11,16,18H,12-15,17,19-20H2,1H3/t30-/m1/s1. The maximum absolute atomic E-state index is 10.9. The summed E-state index contributed by atoms with van der Waals surface area (Å²) in [6, 6.07) is 22.7. The number of nitro groups is 1. The van der Waals surface area contributed by atoms with Gasteiger partial charge in [-0.15, -0.1) is 0 Å². The molecule has 0 saturated carbocycles. The molecule has 3 aromatic carbocycles. The molecular formula is C30H29Cl2N5O4. The Morgan fingerprint density at radius 1 is 0.976 bits per heavy atom. The number of rotatable bonds is 8.